The first kappa shape index (κ1) is 19.4. The predicted molar refractivity (Wildman–Crippen MR) is 111 cm³/mol. The zero-order chi connectivity index (χ0) is 20.5. The summed E-state index contributed by atoms with van der Waals surface area (Å²) in [5.41, 5.74) is 2.32. The van der Waals surface area contributed by atoms with Gasteiger partial charge in [-0.25, -0.2) is 0 Å². The Hall–Kier alpha value is -2.90. The van der Waals surface area contributed by atoms with E-state index in [9.17, 15) is 14.8 Å². The SMILES string of the molecule is CC(=O)c1ccc(-c2cc(Cl)c3c(c2)C[C@H](CNC(=O)c2cc[n+]([O-])cc2)O3)s1. The quantitative estimate of drug-likeness (QED) is 0.382. The molecule has 29 heavy (non-hydrogen) atoms. The lowest BCUT2D eigenvalue weighted by atomic mass is 10.1. The van der Waals surface area contributed by atoms with Gasteiger partial charge < -0.3 is 15.3 Å². The van der Waals surface area contributed by atoms with Gasteiger partial charge in [-0.3, -0.25) is 9.59 Å². The third kappa shape index (κ3) is 4.11. The van der Waals surface area contributed by atoms with Crippen molar-refractivity contribution in [2.24, 2.45) is 0 Å². The van der Waals surface area contributed by atoms with E-state index in [0.717, 1.165) is 16.0 Å². The van der Waals surface area contributed by atoms with Crippen molar-refractivity contribution in [3.8, 4) is 16.2 Å². The van der Waals surface area contributed by atoms with Gasteiger partial charge in [0.1, 0.15) is 11.9 Å². The molecule has 6 nitrogen and oxygen atoms in total. The van der Waals surface area contributed by atoms with Crippen molar-refractivity contribution in [3.63, 3.8) is 0 Å². The fraction of sp³-hybridized carbons (Fsp3) is 0.190. The Morgan fingerprint density at radius 1 is 1.28 bits per heavy atom. The molecule has 148 valence electrons. The van der Waals surface area contributed by atoms with Gasteiger partial charge in [0.2, 0.25) is 0 Å². The molecule has 0 saturated heterocycles. The third-order valence-electron chi connectivity index (χ3n) is 4.64. The smallest absolute Gasteiger partial charge is 0.251 e. The van der Waals surface area contributed by atoms with Crippen molar-refractivity contribution in [1.29, 1.82) is 0 Å². The van der Waals surface area contributed by atoms with Gasteiger partial charge in [0.15, 0.2) is 18.2 Å². The lowest BCUT2D eigenvalue weighted by molar-refractivity contribution is -0.605. The number of carbonyl (C=O) groups is 2. The molecule has 1 aliphatic rings. The molecule has 0 saturated carbocycles. The van der Waals surface area contributed by atoms with Crippen LogP contribution in [0.1, 0.15) is 32.5 Å². The molecule has 0 radical (unpaired) electrons. The normalized spacial score (nSPS) is 14.9. The summed E-state index contributed by atoms with van der Waals surface area (Å²) in [4.78, 5) is 25.4. The minimum atomic E-state index is -0.271. The molecule has 0 bridgehead atoms. The summed E-state index contributed by atoms with van der Waals surface area (Å²) in [5.74, 6) is 0.397. The lowest BCUT2D eigenvalue weighted by Gasteiger charge is -2.12. The molecule has 1 amide bonds. The van der Waals surface area contributed by atoms with Crippen molar-refractivity contribution >= 4 is 34.6 Å². The van der Waals surface area contributed by atoms with Crippen molar-refractivity contribution in [1.82, 2.24) is 5.32 Å². The highest BCUT2D eigenvalue weighted by atomic mass is 35.5. The number of aromatic nitrogens is 1. The highest BCUT2D eigenvalue weighted by molar-refractivity contribution is 7.17. The van der Waals surface area contributed by atoms with Gasteiger partial charge in [0.25, 0.3) is 5.91 Å². The summed E-state index contributed by atoms with van der Waals surface area (Å²) >= 11 is 7.86. The zero-order valence-corrected chi connectivity index (χ0v) is 17.0. The molecular formula is C21H17ClN2O4S. The Balaban J connectivity index is 1.45. The van der Waals surface area contributed by atoms with Crippen LogP contribution in [0.15, 0.2) is 48.8 Å². The number of ketones is 1. The van der Waals surface area contributed by atoms with Crippen LogP contribution < -0.4 is 14.8 Å². The number of Topliss-reactive ketones (excluding diaryl/α,β-unsaturated/α-hetero) is 1. The number of rotatable bonds is 5. The first-order valence-corrected chi connectivity index (χ1v) is 10.2. The van der Waals surface area contributed by atoms with Crippen molar-refractivity contribution in [2.45, 2.75) is 19.4 Å². The summed E-state index contributed by atoms with van der Waals surface area (Å²) in [7, 11) is 0. The van der Waals surface area contributed by atoms with Crippen LogP contribution in [0.2, 0.25) is 5.02 Å². The van der Waals surface area contributed by atoms with E-state index in [1.807, 2.05) is 24.3 Å². The number of ether oxygens (including phenoxy) is 1. The van der Waals surface area contributed by atoms with Gasteiger partial charge in [0.05, 0.1) is 22.0 Å². The first-order valence-electron chi connectivity index (χ1n) is 8.98. The average molecular weight is 429 g/mol. The van der Waals surface area contributed by atoms with Crippen LogP contribution in [0, 0.1) is 5.21 Å². The average Bonchev–Trinajstić information content (AvgIpc) is 3.34. The Labute approximate surface area is 176 Å². The molecule has 1 atom stereocenters. The Bertz CT molecular complexity index is 1090. The van der Waals surface area contributed by atoms with E-state index in [0.29, 0.717) is 38.9 Å². The monoisotopic (exact) mass is 428 g/mol. The van der Waals surface area contributed by atoms with Gasteiger partial charge in [-0.15, -0.1) is 11.3 Å². The molecule has 8 heteroatoms. The maximum absolute atomic E-state index is 12.2. The molecular weight excluding hydrogens is 412 g/mol. The molecule has 4 rings (SSSR count). The fourth-order valence-electron chi connectivity index (χ4n) is 3.20. The summed E-state index contributed by atoms with van der Waals surface area (Å²) < 4.78 is 6.55. The minimum absolute atomic E-state index is 0.0381. The largest absolute Gasteiger partial charge is 0.619 e. The van der Waals surface area contributed by atoms with E-state index in [1.54, 1.807) is 6.92 Å². The molecule has 0 spiro atoms. The molecule has 0 aliphatic carbocycles. The highest BCUT2D eigenvalue weighted by Gasteiger charge is 2.27. The highest BCUT2D eigenvalue weighted by Crippen LogP contribution is 2.41. The van der Waals surface area contributed by atoms with Crippen LogP contribution in [-0.4, -0.2) is 24.3 Å². The van der Waals surface area contributed by atoms with Crippen molar-refractivity contribution in [3.05, 3.63) is 75.0 Å². The van der Waals surface area contributed by atoms with Crippen molar-refractivity contribution < 1.29 is 19.1 Å². The number of hydrogen-bond donors (Lipinski definition) is 1. The summed E-state index contributed by atoms with van der Waals surface area (Å²) in [6, 6.07) is 10.5. The zero-order valence-electron chi connectivity index (χ0n) is 15.5. The third-order valence-corrected chi connectivity index (χ3v) is 6.16. The fourth-order valence-corrected chi connectivity index (χ4v) is 4.37. The molecule has 3 aromatic rings. The summed E-state index contributed by atoms with van der Waals surface area (Å²) in [6.07, 6.45) is 2.94. The second-order valence-electron chi connectivity index (χ2n) is 6.77. The number of fused-ring (bicyclic) bond motifs is 1. The van der Waals surface area contributed by atoms with Gasteiger partial charge in [-0.05, 0) is 36.8 Å². The summed E-state index contributed by atoms with van der Waals surface area (Å²) in [5, 5.41) is 14.4. The number of carbonyl (C=O) groups excluding carboxylic acids is 2. The van der Waals surface area contributed by atoms with Gasteiger partial charge in [-0.2, -0.15) is 4.73 Å². The molecule has 1 aliphatic heterocycles. The number of halogens is 1. The molecule has 1 aromatic carbocycles. The number of pyridine rings is 1. The summed E-state index contributed by atoms with van der Waals surface area (Å²) in [6.45, 7) is 1.87. The van der Waals surface area contributed by atoms with E-state index in [2.05, 4.69) is 5.32 Å². The minimum Gasteiger partial charge on any atom is -0.619 e. The van der Waals surface area contributed by atoms with E-state index < -0.39 is 0 Å². The van der Waals surface area contributed by atoms with Gasteiger partial charge in [0, 0.05) is 29.0 Å². The topological polar surface area (TPSA) is 82.3 Å². The number of nitrogens with one attached hydrogen (secondary N) is 1. The number of benzene rings is 1. The number of thiophene rings is 1. The Morgan fingerprint density at radius 2 is 2.03 bits per heavy atom. The molecule has 0 fully saturated rings. The van der Waals surface area contributed by atoms with E-state index in [4.69, 9.17) is 16.3 Å². The first-order chi connectivity index (χ1) is 13.9. The van der Waals surface area contributed by atoms with Gasteiger partial charge >= 0.3 is 0 Å². The standard InChI is InChI=1S/C21H17ClN2O4S/c1-12(25)18-2-3-19(29-18)14-8-15-9-16(28-20(15)17(22)10-14)11-23-21(26)13-4-6-24(27)7-5-13/h2-8,10,16H,9,11H2,1H3,(H,23,26)/t16-/m1/s1. The maximum Gasteiger partial charge on any atom is 0.251 e. The van der Waals surface area contributed by atoms with E-state index >= 15 is 0 Å². The van der Waals surface area contributed by atoms with Gasteiger partial charge in [-0.1, -0.05) is 11.6 Å². The van der Waals surface area contributed by atoms with Crippen molar-refractivity contribution in [2.75, 3.05) is 6.54 Å². The molecule has 1 N–H and O–H groups in total. The van der Waals surface area contributed by atoms with Crippen LogP contribution in [0.25, 0.3) is 10.4 Å². The Kier molecular flexibility index (Phi) is 5.25. The van der Waals surface area contributed by atoms with Crippen LogP contribution in [0.3, 0.4) is 0 Å². The van der Waals surface area contributed by atoms with Crippen LogP contribution in [0.5, 0.6) is 5.75 Å². The molecule has 3 heterocycles. The number of nitrogens with zero attached hydrogens (tertiary/aromatic N) is 1. The number of amides is 1. The number of hydrogen-bond acceptors (Lipinski definition) is 5. The second kappa shape index (κ2) is 7.85. The van der Waals surface area contributed by atoms with E-state index in [-0.39, 0.29) is 17.8 Å². The van der Waals surface area contributed by atoms with Crippen LogP contribution in [-0.2, 0) is 6.42 Å². The molecule has 0 unspecified atom stereocenters. The van der Waals surface area contributed by atoms with Crippen LogP contribution >= 0.6 is 22.9 Å². The second-order valence-corrected chi connectivity index (χ2v) is 8.26. The maximum atomic E-state index is 12.2. The van der Waals surface area contributed by atoms with E-state index in [1.165, 1.54) is 35.9 Å². The lowest BCUT2D eigenvalue weighted by Crippen LogP contribution is -2.35. The van der Waals surface area contributed by atoms with Crippen LogP contribution in [0.4, 0.5) is 0 Å². The Morgan fingerprint density at radius 3 is 2.72 bits per heavy atom. The predicted octanol–water partition coefficient (Wildman–Crippen LogP) is 3.64. The molecule has 2 aromatic heterocycles.